The number of nitrogens with one attached hydrogen (secondary N) is 1. The summed E-state index contributed by atoms with van der Waals surface area (Å²) in [6, 6.07) is 14.3. The predicted octanol–water partition coefficient (Wildman–Crippen LogP) is 7.87. The van der Waals surface area contributed by atoms with Crippen molar-refractivity contribution in [2.45, 2.75) is 103 Å². The molecule has 69 heavy (non-hydrogen) atoms. The number of nitrogens with zero attached hydrogens (tertiary/aromatic N) is 9. The Morgan fingerprint density at radius 3 is 2.39 bits per heavy atom. The number of hydrogen-bond donors (Lipinski definition) is 1. The topological polar surface area (TPSA) is 165 Å². The van der Waals surface area contributed by atoms with Gasteiger partial charge in [0, 0.05) is 55.0 Å². The third-order valence-electron chi connectivity index (χ3n) is 15.3. The SMILES string of the molecule is Cc1cc(-n2nc3c(c2-n2ccn(-c4ccc5c(cnn5[C@H]5CCOC5)c4F)c2=O)[C@H](C)N(C(=O)c2cc4cc([C@H]5CCOC(C)(C)C5)ccc4n2[C@@]2(c4noc(=O)[nH]4)C[C@@H]2C)CC3)cc(C)c1F. The molecule has 8 aromatic rings. The molecule has 0 spiro atoms. The second-order valence-corrected chi connectivity index (χ2v) is 20.1. The fraction of sp³-hybridized carbons (Fsp3) is 0.412. The van der Waals surface area contributed by atoms with Crippen LogP contribution in [0.4, 0.5) is 8.78 Å². The fourth-order valence-corrected chi connectivity index (χ4v) is 11.7. The molecule has 5 aromatic heterocycles. The van der Waals surface area contributed by atoms with Crippen molar-refractivity contribution in [3.8, 4) is 17.2 Å². The molecule has 1 amide bonds. The number of carbonyl (C=O) groups is 1. The van der Waals surface area contributed by atoms with Gasteiger partial charge in [-0.05, 0) is 131 Å². The molecule has 356 valence electrons. The number of fused-ring (bicyclic) bond motifs is 3. The molecule has 18 heteroatoms. The maximum absolute atomic E-state index is 16.6. The lowest BCUT2D eigenvalue weighted by molar-refractivity contribution is -0.0592. The van der Waals surface area contributed by atoms with E-state index in [0.29, 0.717) is 90.1 Å². The third-order valence-corrected chi connectivity index (χ3v) is 15.3. The molecule has 0 unspecified atom stereocenters. The monoisotopic (exact) mass is 938 g/mol. The smallest absolute Gasteiger partial charge is 0.379 e. The van der Waals surface area contributed by atoms with E-state index in [-0.39, 0.29) is 46.3 Å². The van der Waals surface area contributed by atoms with E-state index in [9.17, 15) is 9.59 Å². The van der Waals surface area contributed by atoms with Crippen LogP contribution >= 0.6 is 0 Å². The molecule has 1 N–H and O–H groups in total. The van der Waals surface area contributed by atoms with Crippen molar-refractivity contribution in [3.05, 3.63) is 139 Å². The Bertz CT molecular complexity index is 3500. The Balaban J connectivity index is 0.986. The van der Waals surface area contributed by atoms with E-state index < -0.39 is 28.8 Å². The van der Waals surface area contributed by atoms with Crippen LogP contribution in [0.15, 0.2) is 81.2 Å². The van der Waals surface area contributed by atoms with E-state index in [1.807, 2.05) is 17.6 Å². The first kappa shape index (κ1) is 43.4. The van der Waals surface area contributed by atoms with Gasteiger partial charge in [0.1, 0.15) is 22.9 Å². The lowest BCUT2D eigenvalue weighted by Gasteiger charge is -2.35. The molecule has 3 fully saturated rings. The van der Waals surface area contributed by atoms with Gasteiger partial charge in [-0.25, -0.2) is 23.1 Å². The molecule has 4 aliphatic rings. The summed E-state index contributed by atoms with van der Waals surface area (Å²) in [5.41, 5.74) is 3.92. The first-order valence-corrected chi connectivity index (χ1v) is 23.7. The van der Waals surface area contributed by atoms with E-state index in [4.69, 9.17) is 19.1 Å². The van der Waals surface area contributed by atoms with Crippen LogP contribution in [0.25, 0.3) is 39.0 Å². The van der Waals surface area contributed by atoms with Crippen molar-refractivity contribution < 1.29 is 27.6 Å². The van der Waals surface area contributed by atoms with Crippen molar-refractivity contribution in [2.24, 2.45) is 5.92 Å². The van der Waals surface area contributed by atoms with Crippen LogP contribution in [0.5, 0.6) is 0 Å². The minimum atomic E-state index is -0.863. The molecular weight excluding hydrogens is 887 g/mol. The maximum atomic E-state index is 16.6. The number of ether oxygens (including phenoxy) is 2. The molecule has 1 aliphatic carbocycles. The molecule has 0 radical (unpaired) electrons. The number of carbonyl (C=O) groups excluding carboxylic acids is 1. The number of aromatic amines is 1. The van der Waals surface area contributed by atoms with E-state index in [0.717, 1.165) is 35.7 Å². The van der Waals surface area contributed by atoms with Gasteiger partial charge in [-0.15, -0.1) is 0 Å². The number of rotatable bonds is 8. The van der Waals surface area contributed by atoms with E-state index >= 15 is 13.6 Å². The minimum absolute atomic E-state index is 0.00579. The lowest BCUT2D eigenvalue weighted by Crippen LogP contribution is -2.41. The third kappa shape index (κ3) is 6.65. The fourth-order valence-electron chi connectivity index (χ4n) is 11.7. The quantitative estimate of drug-likeness (QED) is 0.160. The number of benzene rings is 3. The summed E-state index contributed by atoms with van der Waals surface area (Å²) in [5, 5.41) is 14.9. The number of aromatic nitrogens is 9. The van der Waals surface area contributed by atoms with Gasteiger partial charge in [0.2, 0.25) is 0 Å². The average molecular weight is 939 g/mol. The predicted molar refractivity (Wildman–Crippen MR) is 251 cm³/mol. The lowest BCUT2D eigenvalue weighted by atomic mass is 9.83. The van der Waals surface area contributed by atoms with Gasteiger partial charge in [0.05, 0.1) is 58.5 Å². The van der Waals surface area contributed by atoms with E-state index in [2.05, 4.69) is 54.2 Å². The normalized spacial score (nSPS) is 23.3. The number of amides is 1. The summed E-state index contributed by atoms with van der Waals surface area (Å²) in [7, 11) is 0. The van der Waals surface area contributed by atoms with Gasteiger partial charge in [-0.2, -0.15) is 10.2 Å². The van der Waals surface area contributed by atoms with Crippen molar-refractivity contribution in [1.82, 2.24) is 48.3 Å². The standard InChI is InChI=1S/C51H52F2N10O6/c1-27-19-35(20-28(2)43(27)52)63-45(60-16-15-59(49(60)66)40-10-9-39-36(44(40)53)25-54-62(39)34-13-17-67-26-34)42-30(4)58(14-11-37(42)56-63)46(64)41-22-33-21-31(32-12-18-68-50(5,6)24-32)7-8-38(33)61(41)51(23-29(51)3)47-55-48(65)69-57-47/h7-10,15-16,19-22,25,29-30,32,34H,11-14,17-18,23-24,26H2,1-6H3,(H,55,57,65)/t29-,30-,32-,34-,51-/m0/s1. The Labute approximate surface area is 394 Å². The summed E-state index contributed by atoms with van der Waals surface area (Å²) < 4.78 is 56.6. The highest BCUT2D eigenvalue weighted by Gasteiger charge is 2.59. The molecule has 1 saturated carbocycles. The van der Waals surface area contributed by atoms with Crippen LogP contribution in [0.1, 0.15) is 116 Å². The molecule has 0 bridgehead atoms. The highest BCUT2D eigenvalue weighted by atomic mass is 19.1. The second-order valence-electron chi connectivity index (χ2n) is 20.1. The van der Waals surface area contributed by atoms with Gasteiger partial charge >= 0.3 is 11.4 Å². The summed E-state index contributed by atoms with van der Waals surface area (Å²) >= 11 is 0. The number of hydrogen-bond acceptors (Lipinski definition) is 9. The Hall–Kier alpha value is -6.92. The zero-order chi connectivity index (χ0) is 47.8. The van der Waals surface area contributed by atoms with E-state index in [1.165, 1.54) is 21.5 Å². The highest BCUT2D eigenvalue weighted by Crippen LogP contribution is 2.56. The Kier molecular flexibility index (Phi) is 9.77. The zero-order valence-corrected chi connectivity index (χ0v) is 39.3. The van der Waals surface area contributed by atoms with Crippen LogP contribution in [-0.2, 0) is 21.4 Å². The summed E-state index contributed by atoms with van der Waals surface area (Å²) in [4.78, 5) is 47.6. The Morgan fingerprint density at radius 2 is 1.68 bits per heavy atom. The van der Waals surface area contributed by atoms with Gasteiger partial charge in [0.25, 0.3) is 5.91 Å². The van der Waals surface area contributed by atoms with Gasteiger partial charge in [-0.3, -0.25) is 28.1 Å². The number of halogens is 2. The van der Waals surface area contributed by atoms with Crippen LogP contribution in [0.3, 0.4) is 0 Å². The minimum Gasteiger partial charge on any atom is -0.379 e. The number of H-pyrrole nitrogens is 1. The number of aryl methyl sites for hydroxylation is 2. The molecule has 16 nitrogen and oxygen atoms in total. The van der Waals surface area contributed by atoms with Crippen molar-refractivity contribution in [2.75, 3.05) is 26.4 Å². The van der Waals surface area contributed by atoms with Crippen molar-refractivity contribution >= 4 is 27.7 Å². The van der Waals surface area contributed by atoms with Crippen LogP contribution in [0, 0.1) is 31.4 Å². The number of imidazole rings is 1. The molecule has 3 aromatic carbocycles. The van der Waals surface area contributed by atoms with Gasteiger partial charge < -0.3 is 18.9 Å². The molecule has 2 saturated heterocycles. The largest absolute Gasteiger partial charge is 0.438 e. The van der Waals surface area contributed by atoms with Crippen LogP contribution in [-0.4, -0.2) is 86.2 Å². The summed E-state index contributed by atoms with van der Waals surface area (Å²) in [5.74, 6) is -0.939. The van der Waals surface area contributed by atoms with Gasteiger partial charge in [-0.1, -0.05) is 18.1 Å². The second kappa shape index (κ2) is 15.5. The molecule has 3 aliphatic heterocycles. The zero-order valence-electron chi connectivity index (χ0n) is 39.3. The van der Waals surface area contributed by atoms with Gasteiger partial charge in [0.15, 0.2) is 11.6 Å². The first-order chi connectivity index (χ1) is 33.1. The van der Waals surface area contributed by atoms with Crippen molar-refractivity contribution in [3.63, 3.8) is 0 Å². The first-order valence-electron chi connectivity index (χ1n) is 23.7. The van der Waals surface area contributed by atoms with Crippen LogP contribution in [0.2, 0.25) is 0 Å². The molecule has 8 heterocycles. The Morgan fingerprint density at radius 1 is 0.913 bits per heavy atom. The van der Waals surface area contributed by atoms with Crippen LogP contribution < -0.4 is 11.4 Å². The average Bonchev–Trinajstić information content (AvgIpc) is 4.10. The summed E-state index contributed by atoms with van der Waals surface area (Å²) in [6.45, 7) is 13.6. The van der Waals surface area contributed by atoms with Crippen molar-refractivity contribution in [1.29, 1.82) is 0 Å². The van der Waals surface area contributed by atoms with E-state index in [1.54, 1.807) is 58.6 Å². The molecule has 12 rings (SSSR count). The highest BCUT2D eigenvalue weighted by molar-refractivity contribution is 6.00. The maximum Gasteiger partial charge on any atom is 0.438 e. The summed E-state index contributed by atoms with van der Waals surface area (Å²) in [6.07, 6.45) is 8.00. The molecular formula is C51H52F2N10O6. The molecule has 5 atom stereocenters.